The average molecular weight is 620 g/mol. The third-order valence-corrected chi connectivity index (χ3v) is 7.35. The highest BCUT2D eigenvalue weighted by atomic mass is 35.5. The number of halogens is 5. The zero-order valence-electron chi connectivity index (χ0n) is 22.7. The maximum Gasteiger partial charge on any atom is 0.424 e. The highest BCUT2D eigenvalue weighted by Crippen LogP contribution is 2.42. The van der Waals surface area contributed by atoms with Crippen molar-refractivity contribution in [2.45, 2.75) is 44.0 Å². The van der Waals surface area contributed by atoms with Crippen LogP contribution in [0.4, 0.5) is 17.6 Å². The molecule has 4 N–H and O–H groups in total. The third kappa shape index (κ3) is 6.00. The van der Waals surface area contributed by atoms with Crippen LogP contribution in [0.1, 0.15) is 47.4 Å². The van der Waals surface area contributed by atoms with Crippen molar-refractivity contribution >= 4 is 34.3 Å². The van der Waals surface area contributed by atoms with Crippen molar-refractivity contribution < 1.29 is 37.0 Å². The minimum Gasteiger partial charge on any atom is -0.491 e. The molecule has 1 aliphatic rings. The lowest BCUT2D eigenvalue weighted by molar-refractivity contribution is -0.265. The maximum absolute atomic E-state index is 14.6. The summed E-state index contributed by atoms with van der Waals surface area (Å²) in [6.45, 7) is 0.319. The second-order valence-electron chi connectivity index (χ2n) is 10.2. The molecule has 5 rings (SSSR count). The van der Waals surface area contributed by atoms with Gasteiger partial charge in [-0.25, -0.2) is 9.37 Å². The predicted molar refractivity (Wildman–Crippen MR) is 149 cm³/mol. The standard InChI is InChI=1S/C29H26ClF4N5O4/c1-2-43-26-16(12-24(35)40)11-23(38-25(26)15-3-5-18(31)6-4-15)28(42,29(32,33)34)14-36-27(41)17-9-21(30)20-13-37-39(19-7-8-19)22(20)10-17/h3-6,9-11,13,19,42H,2,7-8,12,14H2,1H3,(H2,35,40)(H,36,41)/t28-/m0/s1. The molecule has 226 valence electrons. The number of benzene rings is 2. The molecule has 14 heteroatoms. The van der Waals surface area contributed by atoms with E-state index in [1.54, 1.807) is 17.8 Å². The van der Waals surface area contributed by atoms with E-state index in [0.29, 0.717) is 10.9 Å². The molecule has 9 nitrogen and oxygen atoms in total. The largest absolute Gasteiger partial charge is 0.491 e. The fourth-order valence-corrected chi connectivity index (χ4v) is 4.98. The van der Waals surface area contributed by atoms with Crippen molar-refractivity contribution in [2.24, 2.45) is 5.73 Å². The van der Waals surface area contributed by atoms with Gasteiger partial charge in [-0.15, -0.1) is 0 Å². The number of hydrogen-bond acceptors (Lipinski definition) is 6. The van der Waals surface area contributed by atoms with Gasteiger partial charge in [0.15, 0.2) is 0 Å². The summed E-state index contributed by atoms with van der Waals surface area (Å²) in [6, 6.07) is 8.45. The molecule has 0 bridgehead atoms. The number of amides is 2. The number of aliphatic hydroxyl groups is 1. The van der Waals surface area contributed by atoms with E-state index in [2.05, 4.69) is 15.4 Å². The van der Waals surface area contributed by atoms with Gasteiger partial charge in [-0.3, -0.25) is 14.3 Å². The molecule has 4 aromatic rings. The molecule has 2 heterocycles. The summed E-state index contributed by atoms with van der Waals surface area (Å²) in [5, 5.41) is 18.4. The van der Waals surface area contributed by atoms with Crippen LogP contribution in [-0.4, -0.2) is 51.0 Å². The number of nitrogens with two attached hydrogens (primary N) is 1. The van der Waals surface area contributed by atoms with E-state index >= 15 is 0 Å². The molecule has 0 spiro atoms. The van der Waals surface area contributed by atoms with E-state index in [9.17, 15) is 32.3 Å². The summed E-state index contributed by atoms with van der Waals surface area (Å²) in [5.41, 5.74) is 1.11. The molecule has 1 atom stereocenters. The molecule has 0 unspecified atom stereocenters. The monoisotopic (exact) mass is 619 g/mol. The number of aromatic nitrogens is 3. The number of rotatable bonds is 10. The SMILES string of the molecule is CCOc1c(CC(N)=O)cc([C@@](O)(CNC(=O)c2cc(Cl)c3cnn(C4CC4)c3c2)C(F)(F)F)nc1-c1ccc(F)cc1. The van der Waals surface area contributed by atoms with Gasteiger partial charge in [0.2, 0.25) is 11.5 Å². The summed E-state index contributed by atoms with van der Waals surface area (Å²) < 4.78 is 64.8. The lowest BCUT2D eigenvalue weighted by Crippen LogP contribution is -2.51. The lowest BCUT2D eigenvalue weighted by atomic mass is 9.93. The Labute approximate surface area is 247 Å². The number of pyridine rings is 1. The summed E-state index contributed by atoms with van der Waals surface area (Å²) >= 11 is 6.34. The fraction of sp³-hybridized carbons (Fsp3) is 0.310. The Bertz CT molecular complexity index is 1710. The second-order valence-corrected chi connectivity index (χ2v) is 10.6. The number of hydrogen-bond donors (Lipinski definition) is 3. The van der Waals surface area contributed by atoms with Gasteiger partial charge >= 0.3 is 6.18 Å². The molecule has 0 saturated heterocycles. The Morgan fingerprint density at radius 3 is 2.49 bits per heavy atom. The number of nitrogens with one attached hydrogen (secondary N) is 1. The molecule has 1 aliphatic carbocycles. The summed E-state index contributed by atoms with van der Waals surface area (Å²) in [7, 11) is 0. The minimum atomic E-state index is -5.35. The van der Waals surface area contributed by atoms with E-state index in [1.807, 2.05) is 0 Å². The van der Waals surface area contributed by atoms with Crippen LogP contribution in [0.5, 0.6) is 5.75 Å². The molecule has 2 amide bonds. The Kier molecular flexibility index (Phi) is 8.05. The number of carbonyl (C=O) groups is 2. The van der Waals surface area contributed by atoms with Crippen molar-refractivity contribution in [1.29, 1.82) is 0 Å². The van der Waals surface area contributed by atoms with Crippen LogP contribution in [0.2, 0.25) is 5.02 Å². The molecule has 43 heavy (non-hydrogen) atoms. The molecule has 1 saturated carbocycles. The number of ether oxygens (including phenoxy) is 1. The number of carbonyl (C=O) groups excluding carboxylic acids is 2. The molecular formula is C29H26ClF4N5O4. The average Bonchev–Trinajstić information content (AvgIpc) is 3.70. The first-order chi connectivity index (χ1) is 20.3. The van der Waals surface area contributed by atoms with Crippen LogP contribution >= 0.6 is 11.6 Å². The lowest BCUT2D eigenvalue weighted by Gasteiger charge is -2.31. The number of primary amides is 1. The van der Waals surface area contributed by atoms with Crippen molar-refractivity contribution in [3.8, 4) is 17.0 Å². The molecular weight excluding hydrogens is 594 g/mol. The smallest absolute Gasteiger partial charge is 0.424 e. The van der Waals surface area contributed by atoms with Crippen LogP contribution in [0.3, 0.4) is 0 Å². The molecule has 2 aromatic heterocycles. The number of alkyl halides is 3. The first kappa shape index (κ1) is 30.2. The number of fused-ring (bicyclic) bond motifs is 1. The van der Waals surface area contributed by atoms with Gasteiger partial charge in [-0.05, 0) is 62.2 Å². The van der Waals surface area contributed by atoms with Gasteiger partial charge in [-0.1, -0.05) is 11.6 Å². The van der Waals surface area contributed by atoms with E-state index in [1.165, 1.54) is 24.3 Å². The maximum atomic E-state index is 14.6. The van der Waals surface area contributed by atoms with E-state index in [-0.39, 0.29) is 45.8 Å². The molecule has 2 aromatic carbocycles. The zero-order chi connectivity index (χ0) is 31.1. The summed E-state index contributed by atoms with van der Waals surface area (Å²) in [4.78, 5) is 29.1. The van der Waals surface area contributed by atoms with Crippen molar-refractivity contribution in [3.05, 3.63) is 76.3 Å². The Morgan fingerprint density at radius 1 is 1.19 bits per heavy atom. The van der Waals surface area contributed by atoms with Crippen LogP contribution in [0.15, 0.2) is 48.7 Å². The van der Waals surface area contributed by atoms with E-state index in [4.69, 9.17) is 22.1 Å². The Morgan fingerprint density at radius 2 is 1.88 bits per heavy atom. The van der Waals surface area contributed by atoms with Crippen LogP contribution in [0.25, 0.3) is 22.2 Å². The zero-order valence-corrected chi connectivity index (χ0v) is 23.5. The normalized spacial score (nSPS) is 14.9. The first-order valence-corrected chi connectivity index (χ1v) is 13.7. The fourth-order valence-electron chi connectivity index (χ4n) is 4.72. The number of nitrogens with zero attached hydrogens (tertiary/aromatic N) is 3. The van der Waals surface area contributed by atoms with Crippen molar-refractivity contribution in [1.82, 2.24) is 20.1 Å². The molecule has 0 radical (unpaired) electrons. The van der Waals surface area contributed by atoms with Gasteiger partial charge in [0.05, 0.1) is 48.0 Å². The Hall–Kier alpha value is -4.23. The summed E-state index contributed by atoms with van der Waals surface area (Å²) in [5.74, 6) is -2.48. The van der Waals surface area contributed by atoms with Gasteiger partial charge in [-0.2, -0.15) is 18.3 Å². The van der Waals surface area contributed by atoms with Crippen molar-refractivity contribution in [2.75, 3.05) is 13.2 Å². The first-order valence-electron chi connectivity index (χ1n) is 13.3. The van der Waals surface area contributed by atoms with E-state index < -0.39 is 48.1 Å². The van der Waals surface area contributed by atoms with Crippen LogP contribution in [0, 0.1) is 5.82 Å². The molecule has 1 fully saturated rings. The third-order valence-electron chi connectivity index (χ3n) is 7.04. The second kappa shape index (κ2) is 11.5. The summed E-state index contributed by atoms with van der Waals surface area (Å²) in [6.07, 6.45) is -2.55. The minimum absolute atomic E-state index is 0.0366. The van der Waals surface area contributed by atoms with Crippen LogP contribution in [-0.2, 0) is 16.8 Å². The van der Waals surface area contributed by atoms with Crippen LogP contribution < -0.4 is 15.8 Å². The highest BCUT2D eigenvalue weighted by molar-refractivity contribution is 6.35. The van der Waals surface area contributed by atoms with Gasteiger partial charge in [0.1, 0.15) is 17.3 Å². The van der Waals surface area contributed by atoms with Gasteiger partial charge in [0, 0.05) is 22.1 Å². The topological polar surface area (TPSA) is 132 Å². The van der Waals surface area contributed by atoms with Gasteiger partial charge in [0.25, 0.3) is 5.91 Å². The quantitative estimate of drug-likeness (QED) is 0.218. The van der Waals surface area contributed by atoms with E-state index in [0.717, 1.165) is 31.0 Å². The van der Waals surface area contributed by atoms with Gasteiger partial charge < -0.3 is 20.9 Å². The molecule has 0 aliphatic heterocycles. The van der Waals surface area contributed by atoms with Crippen molar-refractivity contribution in [3.63, 3.8) is 0 Å². The highest BCUT2D eigenvalue weighted by Gasteiger charge is 2.56. The predicted octanol–water partition coefficient (Wildman–Crippen LogP) is 4.83. The Balaban J connectivity index is 1.55.